The summed E-state index contributed by atoms with van der Waals surface area (Å²) in [6, 6.07) is 11.9. The number of Topliss-reactive ketones (excluding diaryl/α,β-unsaturated/α-hetero) is 1. The second kappa shape index (κ2) is 11.5. The number of rotatable bonds is 8. The van der Waals surface area contributed by atoms with Crippen LogP contribution in [0.1, 0.15) is 17.3 Å². The summed E-state index contributed by atoms with van der Waals surface area (Å²) in [7, 11) is 1.08. The molecule has 2 N–H and O–H groups in total. The zero-order valence-corrected chi connectivity index (χ0v) is 20.7. The monoisotopic (exact) mass is 538 g/mol. The van der Waals surface area contributed by atoms with Crippen molar-refractivity contribution >= 4 is 40.9 Å². The molecule has 2 atom stereocenters. The molecule has 4 rings (SSSR count). The molecule has 0 radical (unpaired) electrons. The van der Waals surface area contributed by atoms with Gasteiger partial charge in [-0.1, -0.05) is 17.3 Å². The average Bonchev–Trinajstić information content (AvgIpc) is 3.37. The molecule has 2 aromatic carbocycles. The molecule has 1 fully saturated rings. The molecule has 14 nitrogen and oxygen atoms in total. The number of aromatic nitrogens is 2. The van der Waals surface area contributed by atoms with Crippen molar-refractivity contribution in [3.8, 4) is 11.4 Å². The first-order chi connectivity index (χ1) is 18.7. The standard InChI is InChI=1S/C25H22N4O10/c1-13(30)38-19(22(32)26-16-8-6-14(7-9-16)21-27-25(35)39-28-21)20-23(33)29(10-11-37-20)17-5-3-4-15(12-17)18(31)24(34)36-2/h3-9,12,19-20H,10-11H2,1-2H3,(H,26,32)(H,27,28,35)/t19-,20-/m1/s1. The Morgan fingerprint density at radius 1 is 1.13 bits per heavy atom. The van der Waals surface area contributed by atoms with E-state index in [1.54, 1.807) is 18.2 Å². The van der Waals surface area contributed by atoms with Crippen LogP contribution in [-0.2, 0) is 33.4 Å². The highest BCUT2D eigenvalue weighted by molar-refractivity contribution is 6.40. The van der Waals surface area contributed by atoms with Crippen molar-refractivity contribution in [2.45, 2.75) is 19.1 Å². The Hall–Kier alpha value is -5.11. The second-order valence-corrected chi connectivity index (χ2v) is 8.19. The molecule has 2 heterocycles. The molecule has 2 amide bonds. The Kier molecular flexibility index (Phi) is 7.96. The van der Waals surface area contributed by atoms with E-state index in [2.05, 4.69) is 24.7 Å². The van der Waals surface area contributed by atoms with Crippen molar-refractivity contribution in [1.82, 2.24) is 10.1 Å². The molecular formula is C25H22N4O10. The van der Waals surface area contributed by atoms with Crippen LogP contribution in [-0.4, -0.2) is 72.1 Å². The van der Waals surface area contributed by atoms with Gasteiger partial charge in [0.15, 0.2) is 11.9 Å². The fourth-order valence-electron chi connectivity index (χ4n) is 3.82. The van der Waals surface area contributed by atoms with Crippen LogP contribution in [0.3, 0.4) is 0 Å². The minimum Gasteiger partial charge on any atom is -0.463 e. The quantitative estimate of drug-likeness (QED) is 0.233. The predicted octanol–water partition coefficient (Wildman–Crippen LogP) is 0.688. The van der Waals surface area contributed by atoms with Crippen LogP contribution in [0, 0.1) is 0 Å². The number of H-pyrrole nitrogens is 1. The normalized spacial score (nSPS) is 15.8. The SMILES string of the molecule is COC(=O)C(=O)c1cccc(N2CCO[C@H]([C@@H](OC(C)=O)C(=O)Nc3ccc(-c4noc(=O)[nH]4)cc3)C2=O)c1. The molecule has 202 valence electrons. The van der Waals surface area contributed by atoms with Crippen LogP contribution >= 0.6 is 0 Å². The van der Waals surface area contributed by atoms with E-state index in [9.17, 15) is 28.8 Å². The maximum absolute atomic E-state index is 13.4. The number of methoxy groups -OCH3 is 1. The van der Waals surface area contributed by atoms with Crippen LogP contribution in [0.4, 0.5) is 11.4 Å². The molecule has 0 bridgehead atoms. The van der Waals surface area contributed by atoms with Crippen LogP contribution in [0.15, 0.2) is 57.8 Å². The lowest BCUT2D eigenvalue weighted by Gasteiger charge is -2.35. The van der Waals surface area contributed by atoms with Crippen molar-refractivity contribution in [1.29, 1.82) is 0 Å². The Balaban J connectivity index is 1.53. The number of ether oxygens (including phenoxy) is 3. The molecule has 1 aromatic heterocycles. The number of amides is 2. The number of nitrogens with zero attached hydrogens (tertiary/aromatic N) is 2. The first-order valence-corrected chi connectivity index (χ1v) is 11.5. The van der Waals surface area contributed by atoms with E-state index in [1.165, 1.54) is 35.2 Å². The Bertz CT molecular complexity index is 1480. The molecule has 1 saturated heterocycles. The molecule has 0 spiro atoms. The topological polar surface area (TPSA) is 187 Å². The molecule has 3 aromatic rings. The largest absolute Gasteiger partial charge is 0.463 e. The van der Waals surface area contributed by atoms with E-state index in [4.69, 9.17) is 9.47 Å². The van der Waals surface area contributed by atoms with E-state index in [1.807, 2.05) is 0 Å². The lowest BCUT2D eigenvalue weighted by atomic mass is 10.1. The maximum Gasteiger partial charge on any atom is 0.439 e. The van der Waals surface area contributed by atoms with Gasteiger partial charge < -0.3 is 24.4 Å². The number of hydrogen-bond acceptors (Lipinski definition) is 11. The smallest absolute Gasteiger partial charge is 0.439 e. The van der Waals surface area contributed by atoms with Crippen LogP contribution < -0.4 is 16.0 Å². The van der Waals surface area contributed by atoms with Gasteiger partial charge in [0.1, 0.15) is 0 Å². The highest BCUT2D eigenvalue weighted by atomic mass is 16.6. The number of morpholine rings is 1. The number of carbonyl (C=O) groups is 5. The maximum atomic E-state index is 13.4. The summed E-state index contributed by atoms with van der Waals surface area (Å²) in [5.41, 5.74) is 1.07. The highest BCUT2D eigenvalue weighted by Crippen LogP contribution is 2.24. The molecule has 1 aliphatic rings. The Morgan fingerprint density at radius 2 is 1.87 bits per heavy atom. The van der Waals surface area contributed by atoms with Crippen LogP contribution in [0.25, 0.3) is 11.4 Å². The average molecular weight is 538 g/mol. The van der Waals surface area contributed by atoms with Crippen molar-refractivity contribution < 1.29 is 42.7 Å². The minimum absolute atomic E-state index is 0.00242. The number of hydrogen-bond donors (Lipinski definition) is 2. The molecule has 0 aliphatic carbocycles. The fraction of sp³-hybridized carbons (Fsp3) is 0.240. The third-order valence-electron chi connectivity index (χ3n) is 5.61. The van der Waals surface area contributed by atoms with Crippen molar-refractivity contribution in [3.63, 3.8) is 0 Å². The number of nitrogens with one attached hydrogen (secondary N) is 2. The molecule has 0 saturated carbocycles. The third-order valence-corrected chi connectivity index (χ3v) is 5.61. The number of ketones is 1. The number of aromatic amines is 1. The molecule has 1 aliphatic heterocycles. The van der Waals surface area contributed by atoms with E-state index >= 15 is 0 Å². The van der Waals surface area contributed by atoms with Crippen molar-refractivity contribution in [2.75, 3.05) is 30.5 Å². The van der Waals surface area contributed by atoms with Gasteiger partial charge in [0.25, 0.3) is 17.6 Å². The zero-order chi connectivity index (χ0) is 28.1. The summed E-state index contributed by atoms with van der Waals surface area (Å²) in [5, 5.41) is 6.15. The molecular weight excluding hydrogens is 516 g/mol. The predicted molar refractivity (Wildman–Crippen MR) is 132 cm³/mol. The molecule has 39 heavy (non-hydrogen) atoms. The summed E-state index contributed by atoms with van der Waals surface area (Å²) < 4.78 is 19.7. The number of benzene rings is 2. The Morgan fingerprint density at radius 3 is 2.51 bits per heavy atom. The van der Waals surface area contributed by atoms with Gasteiger partial charge in [-0.25, -0.2) is 9.59 Å². The van der Waals surface area contributed by atoms with Gasteiger partial charge in [0.2, 0.25) is 6.10 Å². The summed E-state index contributed by atoms with van der Waals surface area (Å²) in [5.74, 6) is -4.84. The fourth-order valence-corrected chi connectivity index (χ4v) is 3.82. The van der Waals surface area contributed by atoms with E-state index in [0.717, 1.165) is 14.0 Å². The second-order valence-electron chi connectivity index (χ2n) is 8.19. The van der Waals surface area contributed by atoms with Crippen LogP contribution in [0.2, 0.25) is 0 Å². The molecule has 0 unspecified atom stereocenters. The summed E-state index contributed by atoms with van der Waals surface area (Å²) >= 11 is 0. The highest BCUT2D eigenvalue weighted by Gasteiger charge is 2.42. The van der Waals surface area contributed by atoms with Gasteiger partial charge in [-0.15, -0.1) is 0 Å². The Labute approximate surface area is 219 Å². The van der Waals surface area contributed by atoms with Gasteiger partial charge in [-0.3, -0.25) is 28.7 Å². The molecule has 14 heteroatoms. The van der Waals surface area contributed by atoms with Crippen molar-refractivity contribution in [3.05, 3.63) is 64.6 Å². The van der Waals surface area contributed by atoms with E-state index < -0.39 is 47.5 Å². The summed E-state index contributed by atoms with van der Waals surface area (Å²) in [6.07, 6.45) is -3.15. The van der Waals surface area contributed by atoms with Gasteiger partial charge in [0, 0.05) is 36.0 Å². The lowest BCUT2D eigenvalue weighted by molar-refractivity contribution is -0.167. The van der Waals surface area contributed by atoms with E-state index in [-0.39, 0.29) is 30.2 Å². The summed E-state index contributed by atoms with van der Waals surface area (Å²) in [4.78, 5) is 77.0. The summed E-state index contributed by atoms with van der Waals surface area (Å²) in [6.45, 7) is 1.15. The van der Waals surface area contributed by atoms with Crippen molar-refractivity contribution in [2.24, 2.45) is 0 Å². The number of esters is 2. The minimum atomic E-state index is -1.65. The van der Waals surface area contributed by atoms with Gasteiger partial charge in [-0.05, 0) is 36.4 Å². The number of carbonyl (C=O) groups excluding carboxylic acids is 5. The van der Waals surface area contributed by atoms with Gasteiger partial charge in [-0.2, -0.15) is 0 Å². The van der Waals surface area contributed by atoms with Gasteiger partial charge in [0.05, 0.1) is 13.7 Å². The van der Waals surface area contributed by atoms with Gasteiger partial charge >= 0.3 is 17.7 Å². The van der Waals surface area contributed by atoms with E-state index in [0.29, 0.717) is 11.3 Å². The first-order valence-electron chi connectivity index (χ1n) is 11.5. The lowest BCUT2D eigenvalue weighted by Crippen LogP contribution is -2.56. The first kappa shape index (κ1) is 26.9. The third kappa shape index (κ3) is 6.07. The number of anilines is 2. The zero-order valence-electron chi connectivity index (χ0n) is 20.7. The van der Waals surface area contributed by atoms with Crippen LogP contribution in [0.5, 0.6) is 0 Å².